The van der Waals surface area contributed by atoms with Gasteiger partial charge in [-0.15, -0.1) is 11.3 Å². The number of rotatable bonds is 9. The van der Waals surface area contributed by atoms with Gasteiger partial charge < -0.3 is 20.7 Å². The van der Waals surface area contributed by atoms with Crippen LogP contribution in [0.25, 0.3) is 0 Å². The Bertz CT molecular complexity index is 544. The Morgan fingerprint density at radius 2 is 2.12 bits per heavy atom. The fourth-order valence-electron chi connectivity index (χ4n) is 2.79. The molecule has 0 radical (unpaired) electrons. The van der Waals surface area contributed by atoms with Crippen molar-refractivity contribution in [3.8, 4) is 0 Å². The molecule has 0 spiro atoms. The summed E-state index contributed by atoms with van der Waals surface area (Å²) in [7, 11) is 0. The second-order valence-corrected chi connectivity index (χ2v) is 7.08. The average Bonchev–Trinajstić information content (AvgIpc) is 3.19. The maximum absolute atomic E-state index is 11.8. The van der Waals surface area contributed by atoms with Crippen molar-refractivity contribution >= 4 is 23.2 Å². The van der Waals surface area contributed by atoms with E-state index in [1.807, 2.05) is 13.8 Å². The van der Waals surface area contributed by atoms with Gasteiger partial charge in [-0.25, -0.2) is 4.99 Å². The molecule has 1 unspecified atom stereocenters. The van der Waals surface area contributed by atoms with Crippen LogP contribution in [-0.2, 0) is 9.53 Å². The number of morpholine rings is 1. The molecule has 2 heterocycles. The number of carbonyl (C=O) groups is 1. The summed E-state index contributed by atoms with van der Waals surface area (Å²) in [5.74, 6) is 0.626. The molecule has 1 fully saturated rings. The van der Waals surface area contributed by atoms with Crippen molar-refractivity contribution in [2.75, 3.05) is 52.5 Å². The number of nitrogens with one attached hydrogen (secondary N) is 3. The molecule has 0 aromatic carbocycles. The van der Waals surface area contributed by atoms with Crippen molar-refractivity contribution < 1.29 is 9.53 Å². The van der Waals surface area contributed by atoms with Crippen LogP contribution in [0, 0.1) is 0 Å². The van der Waals surface area contributed by atoms with Gasteiger partial charge in [0.05, 0.1) is 19.3 Å². The molecular weight excluding hydrogens is 350 g/mol. The van der Waals surface area contributed by atoms with Crippen molar-refractivity contribution in [2.45, 2.75) is 26.3 Å². The highest BCUT2D eigenvalue weighted by Gasteiger charge is 2.23. The van der Waals surface area contributed by atoms with E-state index in [0.717, 1.165) is 45.8 Å². The second kappa shape index (κ2) is 11.9. The molecule has 2 rings (SSSR count). The molecule has 0 bridgehead atoms. The standard InChI is InChI=1S/C18H31N5O2S/c1-3-7-20-17(24)14-22-18(19-4-2)21-13-15(16-6-5-12-26-16)23-8-10-25-11-9-23/h5-6,12,15H,3-4,7-11,13-14H2,1-2H3,(H,20,24)(H2,19,21,22). The zero-order chi connectivity index (χ0) is 18.6. The first-order valence-corrected chi connectivity index (χ1v) is 10.3. The van der Waals surface area contributed by atoms with Crippen molar-refractivity contribution in [3.63, 3.8) is 0 Å². The molecule has 1 aliphatic rings. The molecule has 26 heavy (non-hydrogen) atoms. The highest BCUT2D eigenvalue weighted by molar-refractivity contribution is 7.10. The lowest BCUT2D eigenvalue weighted by molar-refractivity contribution is -0.119. The summed E-state index contributed by atoms with van der Waals surface area (Å²) in [6.07, 6.45) is 0.926. The van der Waals surface area contributed by atoms with Gasteiger partial charge in [-0.3, -0.25) is 9.69 Å². The first-order valence-electron chi connectivity index (χ1n) is 9.38. The van der Waals surface area contributed by atoms with Gasteiger partial charge in [0.25, 0.3) is 0 Å². The van der Waals surface area contributed by atoms with Crippen LogP contribution < -0.4 is 16.0 Å². The van der Waals surface area contributed by atoms with E-state index in [2.05, 4.69) is 43.4 Å². The van der Waals surface area contributed by atoms with Crippen LogP contribution in [0.4, 0.5) is 0 Å². The number of hydrogen-bond donors (Lipinski definition) is 3. The third kappa shape index (κ3) is 6.93. The van der Waals surface area contributed by atoms with E-state index >= 15 is 0 Å². The fraction of sp³-hybridized carbons (Fsp3) is 0.667. The van der Waals surface area contributed by atoms with E-state index < -0.39 is 0 Å². The molecule has 1 aliphatic heterocycles. The van der Waals surface area contributed by atoms with Crippen LogP contribution >= 0.6 is 11.3 Å². The number of nitrogens with zero attached hydrogens (tertiary/aromatic N) is 2. The van der Waals surface area contributed by atoms with Crippen molar-refractivity contribution in [1.82, 2.24) is 20.9 Å². The molecule has 1 saturated heterocycles. The lowest BCUT2D eigenvalue weighted by Gasteiger charge is -2.34. The molecule has 146 valence electrons. The minimum Gasteiger partial charge on any atom is -0.379 e. The molecule has 1 aromatic heterocycles. The summed E-state index contributed by atoms with van der Waals surface area (Å²) in [5.41, 5.74) is 0. The van der Waals surface area contributed by atoms with Crippen molar-refractivity contribution in [2.24, 2.45) is 4.99 Å². The normalized spacial score (nSPS) is 16.9. The third-order valence-electron chi connectivity index (χ3n) is 4.12. The van der Waals surface area contributed by atoms with Gasteiger partial charge in [-0.2, -0.15) is 0 Å². The molecule has 7 nitrogen and oxygen atoms in total. The maximum Gasteiger partial charge on any atom is 0.241 e. The predicted octanol–water partition coefficient (Wildman–Crippen LogP) is 1.20. The Labute approximate surface area is 160 Å². The summed E-state index contributed by atoms with van der Waals surface area (Å²) in [4.78, 5) is 20.0. The van der Waals surface area contributed by atoms with Gasteiger partial charge in [0.1, 0.15) is 6.54 Å². The summed E-state index contributed by atoms with van der Waals surface area (Å²) in [6, 6.07) is 4.54. The number of amides is 1. The van der Waals surface area contributed by atoms with Gasteiger partial charge in [0, 0.05) is 37.6 Å². The van der Waals surface area contributed by atoms with Crippen molar-refractivity contribution in [3.05, 3.63) is 22.4 Å². The summed E-state index contributed by atoms with van der Waals surface area (Å²) in [5, 5.41) is 11.6. The average molecular weight is 382 g/mol. The minimum absolute atomic E-state index is 0.0490. The van der Waals surface area contributed by atoms with Crippen LogP contribution in [0.3, 0.4) is 0 Å². The SMILES string of the molecule is CCCNC(=O)CN=C(NCC)NCC(c1cccs1)N1CCOCC1. The first kappa shape index (κ1) is 20.7. The Morgan fingerprint density at radius 3 is 2.77 bits per heavy atom. The van der Waals surface area contributed by atoms with Crippen LogP contribution in [0.15, 0.2) is 22.5 Å². The van der Waals surface area contributed by atoms with Crippen LogP contribution in [0.5, 0.6) is 0 Å². The quantitative estimate of drug-likeness (QED) is 0.443. The minimum atomic E-state index is -0.0490. The monoisotopic (exact) mass is 381 g/mol. The topological polar surface area (TPSA) is 78.0 Å². The highest BCUT2D eigenvalue weighted by Crippen LogP contribution is 2.25. The molecule has 1 amide bonds. The Kier molecular flexibility index (Phi) is 9.44. The second-order valence-electron chi connectivity index (χ2n) is 6.11. The Morgan fingerprint density at radius 1 is 1.31 bits per heavy atom. The molecule has 1 aromatic rings. The first-order chi connectivity index (χ1) is 12.7. The number of hydrogen-bond acceptors (Lipinski definition) is 5. The molecule has 8 heteroatoms. The lowest BCUT2D eigenvalue weighted by atomic mass is 10.2. The maximum atomic E-state index is 11.8. The highest BCUT2D eigenvalue weighted by atomic mass is 32.1. The fourth-order valence-corrected chi connectivity index (χ4v) is 3.65. The predicted molar refractivity (Wildman–Crippen MR) is 107 cm³/mol. The third-order valence-corrected chi connectivity index (χ3v) is 5.09. The van der Waals surface area contributed by atoms with E-state index in [1.165, 1.54) is 4.88 Å². The molecule has 0 saturated carbocycles. The molecule has 3 N–H and O–H groups in total. The lowest BCUT2D eigenvalue weighted by Crippen LogP contribution is -2.46. The zero-order valence-electron chi connectivity index (χ0n) is 15.8. The van der Waals surface area contributed by atoms with E-state index in [9.17, 15) is 4.79 Å². The van der Waals surface area contributed by atoms with E-state index in [-0.39, 0.29) is 18.5 Å². The number of thiophene rings is 1. The van der Waals surface area contributed by atoms with E-state index in [1.54, 1.807) is 11.3 Å². The van der Waals surface area contributed by atoms with Crippen LogP contribution in [0.2, 0.25) is 0 Å². The number of ether oxygens (including phenoxy) is 1. The van der Waals surface area contributed by atoms with Crippen LogP contribution in [-0.4, -0.2) is 69.2 Å². The molecule has 1 atom stereocenters. The smallest absolute Gasteiger partial charge is 0.241 e. The van der Waals surface area contributed by atoms with Crippen molar-refractivity contribution in [1.29, 1.82) is 0 Å². The summed E-state index contributed by atoms with van der Waals surface area (Å²) < 4.78 is 5.49. The van der Waals surface area contributed by atoms with Gasteiger partial charge in [-0.1, -0.05) is 13.0 Å². The summed E-state index contributed by atoms with van der Waals surface area (Å²) >= 11 is 1.77. The number of carbonyl (C=O) groups excluding carboxylic acids is 1. The Hall–Kier alpha value is -1.64. The zero-order valence-corrected chi connectivity index (χ0v) is 16.6. The molecule has 0 aliphatic carbocycles. The van der Waals surface area contributed by atoms with Gasteiger partial charge in [0.15, 0.2) is 5.96 Å². The van der Waals surface area contributed by atoms with E-state index in [0.29, 0.717) is 12.5 Å². The molecular formula is C18H31N5O2S. The number of aliphatic imine (C=N–C) groups is 1. The number of guanidine groups is 1. The van der Waals surface area contributed by atoms with Gasteiger partial charge in [-0.05, 0) is 24.8 Å². The van der Waals surface area contributed by atoms with Gasteiger partial charge in [0.2, 0.25) is 5.91 Å². The van der Waals surface area contributed by atoms with Crippen LogP contribution in [0.1, 0.15) is 31.2 Å². The summed E-state index contributed by atoms with van der Waals surface area (Å²) in [6.45, 7) is 9.77. The Balaban J connectivity index is 1.95. The van der Waals surface area contributed by atoms with Gasteiger partial charge >= 0.3 is 0 Å². The van der Waals surface area contributed by atoms with E-state index in [4.69, 9.17) is 4.74 Å². The largest absolute Gasteiger partial charge is 0.379 e.